The maximum Gasteiger partial charge on any atom is 0.239 e. The summed E-state index contributed by atoms with van der Waals surface area (Å²) in [5, 5.41) is 0.588. The number of hydrogen-bond donors (Lipinski definition) is 0. The molecule has 0 spiro atoms. The lowest BCUT2D eigenvalue weighted by atomic mass is 9.89. The third kappa shape index (κ3) is 2.81. The fourth-order valence-corrected chi connectivity index (χ4v) is 6.06. The monoisotopic (exact) mass is 410 g/mol. The largest absolute Gasteiger partial charge is 0.282 e. The maximum absolute atomic E-state index is 13.3. The molecule has 6 heteroatoms. The second-order valence-electron chi connectivity index (χ2n) is 7.38. The summed E-state index contributed by atoms with van der Waals surface area (Å²) in [4.78, 5) is 30.3. The molecule has 2 aromatic carbocycles. The van der Waals surface area contributed by atoms with E-state index in [1.54, 1.807) is 24.3 Å². The van der Waals surface area contributed by atoms with E-state index in [4.69, 9.17) is 11.6 Å². The van der Waals surface area contributed by atoms with Crippen LogP contribution >= 0.6 is 23.4 Å². The quantitative estimate of drug-likeness (QED) is 0.719. The molecule has 3 aliphatic rings. The van der Waals surface area contributed by atoms with Gasteiger partial charge in [0.05, 0.1) is 17.5 Å². The van der Waals surface area contributed by atoms with Crippen molar-refractivity contribution in [2.45, 2.75) is 12.1 Å². The van der Waals surface area contributed by atoms with Gasteiger partial charge in [0.25, 0.3) is 0 Å². The third-order valence-electron chi connectivity index (χ3n) is 5.89. The van der Waals surface area contributed by atoms with E-state index in [9.17, 15) is 9.59 Å². The van der Waals surface area contributed by atoms with Crippen molar-refractivity contribution in [1.29, 1.82) is 0 Å². The van der Waals surface area contributed by atoms with Crippen LogP contribution in [0.5, 0.6) is 0 Å². The first-order chi connectivity index (χ1) is 13.6. The van der Waals surface area contributed by atoms with Gasteiger partial charge in [0, 0.05) is 28.7 Å². The molecule has 0 aliphatic carbocycles. The molecule has 28 heavy (non-hydrogen) atoms. The molecule has 0 aromatic heterocycles. The molecule has 0 N–H and O–H groups in total. The molecule has 2 amide bonds. The van der Waals surface area contributed by atoms with Gasteiger partial charge in [-0.1, -0.05) is 54.1 Å². The SMILES string of the molecule is O=C1[C@@H]2[C@H](C(=O)N1c1ccc(Cl)cc1)[C@@H]1CSCN1[C@@H]2/C=C/c1ccccc1. The van der Waals surface area contributed by atoms with E-state index >= 15 is 0 Å². The third-order valence-corrected chi connectivity index (χ3v) is 7.20. The Morgan fingerprint density at radius 3 is 2.43 bits per heavy atom. The average molecular weight is 411 g/mol. The Labute approximate surface area is 173 Å². The molecular formula is C22H19ClN2O2S. The predicted molar refractivity (Wildman–Crippen MR) is 113 cm³/mol. The number of imide groups is 1. The van der Waals surface area contributed by atoms with Gasteiger partial charge in [-0.2, -0.15) is 0 Å². The zero-order chi connectivity index (χ0) is 19.3. The first-order valence-electron chi connectivity index (χ1n) is 9.35. The van der Waals surface area contributed by atoms with Gasteiger partial charge in [-0.25, -0.2) is 4.90 Å². The predicted octanol–water partition coefficient (Wildman–Crippen LogP) is 3.92. The van der Waals surface area contributed by atoms with Crippen molar-refractivity contribution in [3.05, 3.63) is 71.3 Å². The van der Waals surface area contributed by atoms with Gasteiger partial charge in [0.1, 0.15) is 0 Å². The Bertz CT molecular complexity index is 947. The van der Waals surface area contributed by atoms with E-state index < -0.39 is 0 Å². The molecule has 142 valence electrons. The van der Waals surface area contributed by atoms with Crippen LogP contribution in [-0.2, 0) is 9.59 Å². The number of hydrogen-bond acceptors (Lipinski definition) is 4. The van der Waals surface area contributed by atoms with Gasteiger partial charge < -0.3 is 0 Å². The van der Waals surface area contributed by atoms with Gasteiger partial charge >= 0.3 is 0 Å². The number of rotatable bonds is 3. The van der Waals surface area contributed by atoms with Gasteiger partial charge in [-0.3, -0.25) is 14.5 Å². The topological polar surface area (TPSA) is 40.6 Å². The highest BCUT2D eigenvalue weighted by Crippen LogP contribution is 2.48. The number of nitrogens with zero attached hydrogens (tertiary/aromatic N) is 2. The van der Waals surface area contributed by atoms with Crippen LogP contribution in [0.1, 0.15) is 5.56 Å². The summed E-state index contributed by atoms with van der Waals surface area (Å²) in [5.74, 6) is 0.982. The Hall–Kier alpha value is -2.08. The summed E-state index contributed by atoms with van der Waals surface area (Å²) in [6.45, 7) is 0. The second-order valence-corrected chi connectivity index (χ2v) is 8.82. The Morgan fingerprint density at radius 2 is 1.68 bits per heavy atom. The number of benzene rings is 2. The molecule has 5 rings (SSSR count). The summed E-state index contributed by atoms with van der Waals surface area (Å²) >= 11 is 7.81. The van der Waals surface area contributed by atoms with E-state index in [2.05, 4.69) is 17.1 Å². The lowest BCUT2D eigenvalue weighted by Crippen LogP contribution is -2.42. The molecule has 3 fully saturated rings. The molecule has 3 saturated heterocycles. The smallest absolute Gasteiger partial charge is 0.239 e. The normalized spacial score (nSPS) is 29.7. The molecule has 4 nitrogen and oxygen atoms in total. The minimum absolute atomic E-state index is 0.0565. The number of fused-ring (bicyclic) bond motifs is 3. The van der Waals surface area contributed by atoms with Crippen molar-refractivity contribution < 1.29 is 9.59 Å². The van der Waals surface area contributed by atoms with Crippen LogP contribution < -0.4 is 4.90 Å². The molecular weight excluding hydrogens is 392 g/mol. The summed E-state index contributed by atoms with van der Waals surface area (Å²) in [6, 6.07) is 17.1. The number of halogens is 1. The number of carbonyl (C=O) groups excluding carboxylic acids is 2. The van der Waals surface area contributed by atoms with Crippen molar-refractivity contribution in [2.24, 2.45) is 11.8 Å². The van der Waals surface area contributed by atoms with Gasteiger partial charge in [0.2, 0.25) is 11.8 Å². The highest BCUT2D eigenvalue weighted by Gasteiger charge is 2.62. The van der Waals surface area contributed by atoms with Crippen molar-refractivity contribution >= 4 is 46.9 Å². The fourth-order valence-electron chi connectivity index (χ4n) is 4.62. The molecule has 0 bridgehead atoms. The number of carbonyl (C=O) groups is 2. The molecule has 4 atom stereocenters. The summed E-state index contributed by atoms with van der Waals surface area (Å²) in [6.07, 6.45) is 4.17. The number of anilines is 1. The second kappa shape index (κ2) is 7.07. The fraction of sp³-hybridized carbons (Fsp3) is 0.273. The molecule has 0 radical (unpaired) electrons. The van der Waals surface area contributed by atoms with Crippen LogP contribution in [0.25, 0.3) is 6.08 Å². The summed E-state index contributed by atoms with van der Waals surface area (Å²) < 4.78 is 0. The van der Waals surface area contributed by atoms with Gasteiger partial charge in [-0.05, 0) is 29.8 Å². The van der Waals surface area contributed by atoms with E-state index in [0.717, 1.165) is 17.2 Å². The highest BCUT2D eigenvalue weighted by atomic mass is 35.5. The van der Waals surface area contributed by atoms with Crippen molar-refractivity contribution in [2.75, 3.05) is 16.5 Å². The average Bonchev–Trinajstić information content (AvgIpc) is 3.35. The molecule has 0 saturated carbocycles. The van der Waals surface area contributed by atoms with Crippen LogP contribution in [0.4, 0.5) is 5.69 Å². The van der Waals surface area contributed by atoms with E-state index in [-0.39, 0.29) is 35.7 Å². The Balaban J connectivity index is 1.50. The van der Waals surface area contributed by atoms with E-state index in [1.807, 2.05) is 42.1 Å². The van der Waals surface area contributed by atoms with Crippen molar-refractivity contribution in [3.8, 4) is 0 Å². The highest BCUT2D eigenvalue weighted by molar-refractivity contribution is 7.99. The van der Waals surface area contributed by atoms with Crippen molar-refractivity contribution in [3.63, 3.8) is 0 Å². The minimum Gasteiger partial charge on any atom is -0.282 e. The zero-order valence-corrected chi connectivity index (χ0v) is 16.6. The van der Waals surface area contributed by atoms with Crippen LogP contribution in [-0.4, -0.2) is 40.4 Å². The number of amides is 2. The Morgan fingerprint density at radius 1 is 0.964 bits per heavy atom. The minimum atomic E-state index is -0.325. The van der Waals surface area contributed by atoms with Crippen LogP contribution in [0.2, 0.25) is 5.02 Å². The lowest BCUT2D eigenvalue weighted by molar-refractivity contribution is -0.123. The summed E-state index contributed by atoms with van der Waals surface area (Å²) in [5.41, 5.74) is 1.71. The first-order valence-corrected chi connectivity index (χ1v) is 10.9. The summed E-state index contributed by atoms with van der Waals surface area (Å²) in [7, 11) is 0. The van der Waals surface area contributed by atoms with Gasteiger partial charge in [-0.15, -0.1) is 11.8 Å². The van der Waals surface area contributed by atoms with E-state index in [1.165, 1.54) is 4.90 Å². The van der Waals surface area contributed by atoms with Crippen LogP contribution in [0, 0.1) is 11.8 Å². The van der Waals surface area contributed by atoms with Crippen molar-refractivity contribution in [1.82, 2.24) is 4.90 Å². The molecule has 2 aromatic rings. The van der Waals surface area contributed by atoms with Crippen LogP contribution in [0.3, 0.4) is 0 Å². The molecule has 3 heterocycles. The molecule has 0 unspecified atom stereocenters. The maximum atomic E-state index is 13.3. The number of thioether (sulfide) groups is 1. The zero-order valence-electron chi connectivity index (χ0n) is 15.1. The lowest BCUT2D eigenvalue weighted by Gasteiger charge is -2.25. The van der Waals surface area contributed by atoms with Gasteiger partial charge in [0.15, 0.2) is 0 Å². The standard InChI is InChI=1S/C22H19ClN2O2S/c23-15-7-9-16(10-8-15)25-21(26)19-17(11-6-14-4-2-1-3-5-14)24-13-28-12-18(24)20(19)22(25)27/h1-11,17-20H,12-13H2/b11-6+/t17-,18+,19+,20-/m1/s1. The Kier molecular flexibility index (Phi) is 4.54. The van der Waals surface area contributed by atoms with E-state index in [0.29, 0.717) is 10.7 Å². The molecule has 3 aliphatic heterocycles. The first kappa shape index (κ1) is 18.0. The van der Waals surface area contributed by atoms with Crippen LogP contribution in [0.15, 0.2) is 60.7 Å².